The van der Waals surface area contributed by atoms with Gasteiger partial charge in [0.2, 0.25) is 5.91 Å². The predicted molar refractivity (Wildman–Crippen MR) is 82.7 cm³/mol. The molecule has 9 heteroatoms. The van der Waals surface area contributed by atoms with Crippen LogP contribution in [0.5, 0.6) is 0 Å². The fourth-order valence-electron chi connectivity index (χ4n) is 3.83. The third-order valence-electron chi connectivity index (χ3n) is 4.97. The van der Waals surface area contributed by atoms with Gasteiger partial charge in [0.1, 0.15) is 5.71 Å². The maximum atomic E-state index is 12.2. The number of aliphatic hydroxyl groups excluding tert-OH is 1. The molecule has 1 aromatic heterocycles. The largest absolute Gasteiger partial charge is 1.00 e. The van der Waals surface area contributed by atoms with Crippen LogP contribution in [-0.2, 0) is 14.4 Å². The van der Waals surface area contributed by atoms with Crippen LogP contribution in [0.15, 0.2) is 40.8 Å². The molecular formula is C17H16N3NaO5. The Morgan fingerprint density at radius 3 is 2.81 bits per heavy atom. The molecule has 1 saturated heterocycles. The molecule has 3 aliphatic rings. The molecule has 1 fully saturated rings. The second kappa shape index (κ2) is 7.11. The normalized spacial score (nSPS) is 27.9. The molecule has 4 heterocycles. The molecule has 8 nitrogen and oxygen atoms in total. The van der Waals surface area contributed by atoms with Gasteiger partial charge in [-0.1, -0.05) is 11.2 Å². The molecule has 0 radical (unpaired) electrons. The summed E-state index contributed by atoms with van der Waals surface area (Å²) in [4.78, 5) is 34.7. The van der Waals surface area contributed by atoms with Crippen LogP contribution in [0.1, 0.15) is 25.5 Å². The number of hydrogen-bond donors (Lipinski definition) is 1. The number of β-lactam (4-membered cyclic amide) rings is 1. The van der Waals surface area contributed by atoms with Gasteiger partial charge < -0.3 is 24.7 Å². The van der Waals surface area contributed by atoms with E-state index in [0.29, 0.717) is 29.8 Å². The Morgan fingerprint density at radius 2 is 2.19 bits per heavy atom. The summed E-state index contributed by atoms with van der Waals surface area (Å²) in [7, 11) is 0. The van der Waals surface area contributed by atoms with E-state index in [9.17, 15) is 19.8 Å². The van der Waals surface area contributed by atoms with Gasteiger partial charge in [0.15, 0.2) is 6.10 Å². The van der Waals surface area contributed by atoms with Gasteiger partial charge in [-0.2, -0.15) is 0 Å². The van der Waals surface area contributed by atoms with Crippen LogP contribution >= 0.6 is 0 Å². The number of fused-ring (bicyclic) bond motifs is 1. The van der Waals surface area contributed by atoms with Gasteiger partial charge in [0.25, 0.3) is 0 Å². The quantitative estimate of drug-likeness (QED) is 0.432. The van der Waals surface area contributed by atoms with Gasteiger partial charge in [0.05, 0.1) is 35.4 Å². The fraction of sp³-hybridized carbons (Fsp3) is 0.412. The maximum absolute atomic E-state index is 12.2. The number of carboxylic acid groups (broad SMARTS) is 1. The number of rotatable bonds is 4. The zero-order valence-electron chi connectivity index (χ0n) is 14.5. The summed E-state index contributed by atoms with van der Waals surface area (Å²) in [6.45, 7) is 1.53. The van der Waals surface area contributed by atoms with Crippen molar-refractivity contribution in [1.82, 2.24) is 9.88 Å². The van der Waals surface area contributed by atoms with Crippen LogP contribution in [-0.4, -0.2) is 50.8 Å². The zero-order chi connectivity index (χ0) is 17.7. The van der Waals surface area contributed by atoms with Crippen molar-refractivity contribution in [3.63, 3.8) is 0 Å². The number of pyridine rings is 1. The average molecular weight is 365 g/mol. The van der Waals surface area contributed by atoms with Crippen molar-refractivity contribution < 1.29 is 54.2 Å². The molecule has 0 unspecified atom stereocenters. The first-order valence-electron chi connectivity index (χ1n) is 8.08. The monoisotopic (exact) mass is 365 g/mol. The van der Waals surface area contributed by atoms with Crippen molar-refractivity contribution in [2.45, 2.75) is 38.0 Å². The number of amides is 1. The van der Waals surface area contributed by atoms with Crippen LogP contribution < -0.4 is 34.7 Å². The van der Waals surface area contributed by atoms with E-state index in [2.05, 4.69) is 10.1 Å². The summed E-state index contributed by atoms with van der Waals surface area (Å²) in [6, 6.07) is 5.06. The van der Waals surface area contributed by atoms with Crippen molar-refractivity contribution in [3.8, 4) is 0 Å². The van der Waals surface area contributed by atoms with E-state index in [1.807, 2.05) is 6.07 Å². The SMILES string of the molecule is C[C@@H](O)[C@H]1C(=O)N2C(C(=O)[O-])=C([C@@H]3CC(c4ccccn4)=NO3)C[C@H]12.[Na+]. The van der Waals surface area contributed by atoms with Crippen LogP contribution in [0.3, 0.4) is 0 Å². The standard InChI is InChI=1S/C17H17N3O5.Na/c1-8(21)14-12-6-9(15(17(23)24)20(12)16(14)22)13-7-11(19-25-13)10-4-2-3-5-18-10;/h2-5,8,12-14,21H,6-7H2,1H3,(H,23,24);/q;+1/p-1/t8-,12-,13+,14-;/m1./s1. The first-order valence-corrected chi connectivity index (χ1v) is 8.08. The summed E-state index contributed by atoms with van der Waals surface area (Å²) in [5.74, 6) is -2.40. The van der Waals surface area contributed by atoms with Crippen LogP contribution in [0.2, 0.25) is 0 Å². The Morgan fingerprint density at radius 1 is 1.42 bits per heavy atom. The minimum absolute atomic E-state index is 0. The molecule has 26 heavy (non-hydrogen) atoms. The van der Waals surface area contributed by atoms with Crippen molar-refractivity contribution in [2.24, 2.45) is 11.1 Å². The molecule has 0 saturated carbocycles. The maximum Gasteiger partial charge on any atom is 1.00 e. The zero-order valence-corrected chi connectivity index (χ0v) is 16.5. The summed E-state index contributed by atoms with van der Waals surface area (Å²) in [5, 5.41) is 25.4. The summed E-state index contributed by atoms with van der Waals surface area (Å²) in [6.07, 6.45) is 0.945. The van der Waals surface area contributed by atoms with Crippen molar-refractivity contribution in [2.75, 3.05) is 0 Å². The van der Waals surface area contributed by atoms with Crippen LogP contribution in [0.4, 0.5) is 0 Å². The Balaban J connectivity index is 0.00000196. The fourth-order valence-corrected chi connectivity index (χ4v) is 3.83. The van der Waals surface area contributed by atoms with E-state index in [1.165, 1.54) is 11.8 Å². The van der Waals surface area contributed by atoms with Gasteiger partial charge in [-0.25, -0.2) is 0 Å². The Bertz CT molecular complexity index is 808. The van der Waals surface area contributed by atoms with E-state index in [-0.39, 0.29) is 41.3 Å². The number of oxime groups is 1. The van der Waals surface area contributed by atoms with Crippen molar-refractivity contribution >= 4 is 17.6 Å². The molecule has 1 N–H and O–H groups in total. The number of nitrogens with zero attached hydrogens (tertiary/aromatic N) is 3. The van der Waals surface area contributed by atoms with E-state index >= 15 is 0 Å². The summed E-state index contributed by atoms with van der Waals surface area (Å²) in [5.41, 5.74) is 1.63. The molecule has 130 valence electrons. The van der Waals surface area contributed by atoms with E-state index in [1.54, 1.807) is 18.3 Å². The topological polar surface area (TPSA) is 115 Å². The molecule has 0 spiro atoms. The number of aliphatic hydroxyl groups is 1. The van der Waals surface area contributed by atoms with E-state index < -0.39 is 30.0 Å². The number of carbonyl (C=O) groups is 2. The molecule has 3 aliphatic heterocycles. The van der Waals surface area contributed by atoms with Gasteiger partial charge >= 0.3 is 29.6 Å². The molecule has 1 amide bonds. The van der Waals surface area contributed by atoms with Crippen molar-refractivity contribution in [3.05, 3.63) is 41.4 Å². The predicted octanol–water partition coefficient (Wildman–Crippen LogP) is -3.81. The first kappa shape index (κ1) is 19.0. The molecule has 0 aliphatic carbocycles. The number of aliphatic carboxylic acids is 1. The third kappa shape index (κ3) is 2.87. The Kier molecular flexibility index (Phi) is 5.21. The summed E-state index contributed by atoms with van der Waals surface area (Å²) < 4.78 is 0. The van der Waals surface area contributed by atoms with Gasteiger partial charge in [-0.3, -0.25) is 9.78 Å². The smallest absolute Gasteiger partial charge is 0.543 e. The Labute approximate surface area is 171 Å². The second-order valence-electron chi connectivity index (χ2n) is 6.46. The third-order valence-corrected chi connectivity index (χ3v) is 4.97. The van der Waals surface area contributed by atoms with E-state index in [0.717, 1.165) is 0 Å². The molecule has 0 bridgehead atoms. The van der Waals surface area contributed by atoms with Crippen LogP contribution in [0, 0.1) is 5.92 Å². The van der Waals surface area contributed by atoms with Crippen LogP contribution in [0.25, 0.3) is 0 Å². The van der Waals surface area contributed by atoms with E-state index in [4.69, 9.17) is 4.84 Å². The molecular weight excluding hydrogens is 349 g/mol. The van der Waals surface area contributed by atoms with Crippen molar-refractivity contribution in [1.29, 1.82) is 0 Å². The van der Waals surface area contributed by atoms with Gasteiger partial charge in [-0.05, 0) is 25.5 Å². The molecule has 4 atom stereocenters. The number of hydrogen-bond acceptors (Lipinski definition) is 7. The number of carbonyl (C=O) groups excluding carboxylic acids is 2. The number of carboxylic acids is 1. The minimum atomic E-state index is -1.41. The Hall–Kier alpha value is -1.74. The van der Waals surface area contributed by atoms with Gasteiger partial charge in [0, 0.05) is 18.2 Å². The van der Waals surface area contributed by atoms with Gasteiger partial charge in [-0.15, -0.1) is 0 Å². The summed E-state index contributed by atoms with van der Waals surface area (Å²) >= 11 is 0. The molecule has 0 aromatic carbocycles. The molecule has 1 aromatic rings. The molecule has 4 rings (SSSR count). The first-order chi connectivity index (χ1) is 12.0. The second-order valence-corrected chi connectivity index (χ2v) is 6.46. The average Bonchev–Trinajstić information content (AvgIpc) is 3.17. The number of aromatic nitrogens is 1. The minimum Gasteiger partial charge on any atom is -0.543 e.